The fraction of sp³-hybridized carbons (Fsp3) is 0.433. The first kappa shape index (κ1) is 30.3. The van der Waals surface area contributed by atoms with Gasteiger partial charge in [-0.3, -0.25) is 18.8 Å². The minimum absolute atomic E-state index is 0.0612. The van der Waals surface area contributed by atoms with Crippen LogP contribution in [-0.2, 0) is 31.7 Å². The third kappa shape index (κ3) is 7.15. The molecule has 2 aromatic carbocycles. The van der Waals surface area contributed by atoms with E-state index in [9.17, 15) is 18.0 Å². The molecule has 4 rings (SSSR count). The van der Waals surface area contributed by atoms with Crippen LogP contribution in [0.1, 0.15) is 49.8 Å². The number of fused-ring (bicyclic) bond motifs is 1. The zero-order valence-corrected chi connectivity index (χ0v) is 24.8. The first-order valence-corrected chi connectivity index (χ1v) is 15.4. The number of nitrogens with zero attached hydrogens (tertiary/aromatic N) is 3. The number of benzene rings is 2. The lowest BCUT2D eigenvalue weighted by Gasteiger charge is -2.31. The van der Waals surface area contributed by atoms with Crippen molar-refractivity contribution in [2.75, 3.05) is 30.3 Å². The molecule has 220 valence electrons. The molecule has 2 amide bonds. The maximum absolute atomic E-state index is 13.3. The Bertz CT molecular complexity index is 1530. The van der Waals surface area contributed by atoms with Crippen molar-refractivity contribution in [1.29, 1.82) is 0 Å². The Hall–Kier alpha value is -3.70. The monoisotopic (exact) mass is 582 g/mol. The van der Waals surface area contributed by atoms with Crippen molar-refractivity contribution in [3.8, 4) is 16.9 Å². The number of aryl methyl sites for hydroxylation is 1. The van der Waals surface area contributed by atoms with Gasteiger partial charge in [0.1, 0.15) is 11.3 Å². The summed E-state index contributed by atoms with van der Waals surface area (Å²) in [5.74, 6) is -0.0794. The number of aromatic nitrogens is 2. The molecular formula is C30H38N4O6S. The van der Waals surface area contributed by atoms with E-state index in [2.05, 4.69) is 10.4 Å². The van der Waals surface area contributed by atoms with Gasteiger partial charge < -0.3 is 15.0 Å². The van der Waals surface area contributed by atoms with Crippen LogP contribution in [-0.4, -0.2) is 60.0 Å². The van der Waals surface area contributed by atoms with E-state index in [1.165, 1.54) is 10.2 Å². The molecule has 0 atom stereocenters. The van der Waals surface area contributed by atoms with E-state index in [-0.39, 0.29) is 12.5 Å². The molecule has 0 bridgehead atoms. The Morgan fingerprint density at radius 1 is 1.15 bits per heavy atom. The van der Waals surface area contributed by atoms with Crippen molar-refractivity contribution in [3.05, 3.63) is 65.5 Å². The second-order valence-electron chi connectivity index (χ2n) is 10.9. The highest BCUT2D eigenvalue weighted by Crippen LogP contribution is 2.36. The van der Waals surface area contributed by atoms with E-state index in [1.807, 2.05) is 55.1 Å². The van der Waals surface area contributed by atoms with Crippen LogP contribution in [0.5, 0.6) is 5.75 Å². The molecule has 1 aromatic heterocycles. The third-order valence-corrected chi connectivity index (χ3v) is 8.29. The molecule has 1 aliphatic rings. The molecule has 0 aliphatic carbocycles. The maximum atomic E-state index is 13.3. The van der Waals surface area contributed by atoms with Crippen LogP contribution >= 0.6 is 0 Å². The standard InChI is InChI=1S/C30H38N4O6S/c1-21-9-5-13-27(22(21)2)40-17-8-14-28(35)33-16-7-11-25-24(10-6-12-26(25)33)23-19-32-34(20-23)30(3,4)29(36)31-15-18-41(37,38)39/h5-6,9-10,12-13,19-20H,7-8,11,14-18H2,1-4H3,(H,31,36)(H,37,38,39). The smallest absolute Gasteiger partial charge is 0.266 e. The quantitative estimate of drug-likeness (QED) is 0.258. The predicted molar refractivity (Wildman–Crippen MR) is 158 cm³/mol. The van der Waals surface area contributed by atoms with Crippen LogP contribution in [0.15, 0.2) is 48.8 Å². The number of nitrogens with one attached hydrogen (secondary N) is 1. The average Bonchev–Trinajstić information content (AvgIpc) is 3.43. The SMILES string of the molecule is Cc1cccc(OCCCC(=O)N2CCCc3c(-c4cnn(C(C)(C)C(=O)NCCS(=O)(=O)O)c4)cccc32)c1C. The summed E-state index contributed by atoms with van der Waals surface area (Å²) in [7, 11) is -4.17. The lowest BCUT2D eigenvalue weighted by molar-refractivity contribution is -0.128. The van der Waals surface area contributed by atoms with Gasteiger partial charge in [0.05, 0.1) is 18.6 Å². The van der Waals surface area contributed by atoms with E-state index < -0.39 is 27.3 Å². The van der Waals surface area contributed by atoms with Crippen LogP contribution < -0.4 is 15.0 Å². The van der Waals surface area contributed by atoms with Crippen molar-refractivity contribution in [1.82, 2.24) is 15.1 Å². The van der Waals surface area contributed by atoms with Gasteiger partial charge in [0.25, 0.3) is 10.1 Å². The number of anilines is 1. The van der Waals surface area contributed by atoms with Crippen LogP contribution in [0.2, 0.25) is 0 Å². The van der Waals surface area contributed by atoms with Crippen molar-refractivity contribution < 1.29 is 27.3 Å². The largest absolute Gasteiger partial charge is 0.493 e. The van der Waals surface area contributed by atoms with Crippen LogP contribution in [0.25, 0.3) is 11.1 Å². The number of rotatable bonds is 11. The fourth-order valence-corrected chi connectivity index (χ4v) is 5.32. The van der Waals surface area contributed by atoms with Gasteiger partial charge in [-0.25, -0.2) is 0 Å². The summed E-state index contributed by atoms with van der Waals surface area (Å²) in [6.45, 7) is 8.36. The molecule has 0 unspecified atom stereocenters. The molecule has 2 heterocycles. The van der Waals surface area contributed by atoms with Crippen molar-refractivity contribution in [3.63, 3.8) is 0 Å². The van der Waals surface area contributed by atoms with E-state index >= 15 is 0 Å². The summed E-state index contributed by atoms with van der Waals surface area (Å²) in [6.07, 6.45) is 6.12. The summed E-state index contributed by atoms with van der Waals surface area (Å²) in [5, 5.41) is 6.96. The second kappa shape index (κ2) is 12.4. The molecule has 0 spiro atoms. The summed E-state index contributed by atoms with van der Waals surface area (Å²) in [4.78, 5) is 27.9. The van der Waals surface area contributed by atoms with Crippen molar-refractivity contribution >= 4 is 27.6 Å². The van der Waals surface area contributed by atoms with Gasteiger partial charge in [-0.1, -0.05) is 24.3 Å². The summed E-state index contributed by atoms with van der Waals surface area (Å²) < 4.78 is 38.3. The highest BCUT2D eigenvalue weighted by atomic mass is 32.2. The Balaban J connectivity index is 1.43. The van der Waals surface area contributed by atoms with E-state index in [0.29, 0.717) is 26.0 Å². The lowest BCUT2D eigenvalue weighted by Crippen LogP contribution is -2.46. The zero-order valence-electron chi connectivity index (χ0n) is 24.0. The molecular weight excluding hydrogens is 544 g/mol. The molecule has 0 saturated heterocycles. The molecule has 41 heavy (non-hydrogen) atoms. The number of hydrogen-bond donors (Lipinski definition) is 2. The number of ether oxygens (including phenoxy) is 1. The van der Waals surface area contributed by atoms with Gasteiger partial charge in [-0.15, -0.1) is 0 Å². The number of hydrogen-bond acceptors (Lipinski definition) is 6. The second-order valence-corrected chi connectivity index (χ2v) is 12.4. The normalized spacial score (nSPS) is 13.5. The Morgan fingerprint density at radius 3 is 2.66 bits per heavy atom. The Labute approximate surface area is 241 Å². The average molecular weight is 583 g/mol. The number of carbonyl (C=O) groups excluding carboxylic acids is 2. The van der Waals surface area contributed by atoms with Gasteiger partial charge in [0, 0.05) is 37.0 Å². The molecule has 0 radical (unpaired) electrons. The summed E-state index contributed by atoms with van der Waals surface area (Å²) >= 11 is 0. The summed E-state index contributed by atoms with van der Waals surface area (Å²) in [6, 6.07) is 11.9. The first-order valence-electron chi connectivity index (χ1n) is 13.8. The molecule has 10 nitrogen and oxygen atoms in total. The molecule has 2 N–H and O–H groups in total. The third-order valence-electron chi connectivity index (χ3n) is 7.57. The Morgan fingerprint density at radius 2 is 1.90 bits per heavy atom. The predicted octanol–water partition coefficient (Wildman–Crippen LogP) is 4.04. The highest BCUT2D eigenvalue weighted by molar-refractivity contribution is 7.85. The lowest BCUT2D eigenvalue weighted by atomic mass is 9.93. The van der Waals surface area contributed by atoms with E-state index in [0.717, 1.165) is 46.5 Å². The van der Waals surface area contributed by atoms with Gasteiger partial charge in [-0.05, 0) is 81.3 Å². The topological polar surface area (TPSA) is 131 Å². The zero-order chi connectivity index (χ0) is 29.8. The molecule has 3 aromatic rings. The Kier molecular flexibility index (Phi) is 9.18. The summed E-state index contributed by atoms with van der Waals surface area (Å²) in [5.41, 5.74) is 4.91. The molecule has 0 fully saturated rings. The fourth-order valence-electron chi connectivity index (χ4n) is 4.96. The van der Waals surface area contributed by atoms with Crippen LogP contribution in [0.4, 0.5) is 5.69 Å². The molecule has 11 heteroatoms. The minimum Gasteiger partial charge on any atom is -0.493 e. The van der Waals surface area contributed by atoms with Crippen molar-refractivity contribution in [2.45, 2.75) is 58.9 Å². The van der Waals surface area contributed by atoms with Crippen molar-refractivity contribution in [2.24, 2.45) is 0 Å². The molecule has 0 saturated carbocycles. The van der Waals surface area contributed by atoms with E-state index in [4.69, 9.17) is 9.29 Å². The van der Waals surface area contributed by atoms with Crippen LogP contribution in [0.3, 0.4) is 0 Å². The van der Waals surface area contributed by atoms with Gasteiger partial charge in [0.2, 0.25) is 11.8 Å². The van der Waals surface area contributed by atoms with E-state index in [1.54, 1.807) is 26.2 Å². The first-order chi connectivity index (χ1) is 19.4. The minimum atomic E-state index is -4.17. The molecule has 1 aliphatic heterocycles. The number of amides is 2. The maximum Gasteiger partial charge on any atom is 0.266 e. The highest BCUT2D eigenvalue weighted by Gasteiger charge is 2.31. The van der Waals surface area contributed by atoms with Gasteiger partial charge in [0.15, 0.2) is 0 Å². The van der Waals surface area contributed by atoms with Gasteiger partial charge in [-0.2, -0.15) is 13.5 Å². The van der Waals surface area contributed by atoms with Crippen LogP contribution in [0, 0.1) is 13.8 Å². The number of carbonyl (C=O) groups is 2. The van der Waals surface area contributed by atoms with Gasteiger partial charge >= 0.3 is 0 Å².